The van der Waals surface area contributed by atoms with Gasteiger partial charge < -0.3 is 23.8 Å². The number of ether oxygens (including phenoxy) is 4. The molecule has 1 aliphatic heterocycles. The first-order valence-corrected chi connectivity index (χ1v) is 31.3. The Balaban J connectivity index is 2.72. The summed E-state index contributed by atoms with van der Waals surface area (Å²) < 4.78 is 23.6. The van der Waals surface area contributed by atoms with E-state index in [1.165, 1.54) is 173 Å². The molecule has 9 heteroatoms. The average Bonchev–Trinajstić information content (AvgIpc) is 3.88. The molecule has 1 heterocycles. The lowest BCUT2D eigenvalue weighted by Gasteiger charge is -2.31. The molecule has 0 N–H and O–H groups in total. The summed E-state index contributed by atoms with van der Waals surface area (Å²) in [5, 5.41) is 0. The van der Waals surface area contributed by atoms with Crippen molar-refractivity contribution in [3.05, 3.63) is 0 Å². The van der Waals surface area contributed by atoms with Gasteiger partial charge in [-0.1, -0.05) is 253 Å². The molecular formula is C63H119NO8. The largest absolute Gasteiger partial charge is 0.465 e. The molecule has 0 aliphatic carbocycles. The van der Waals surface area contributed by atoms with Gasteiger partial charge in [0.15, 0.2) is 0 Å². The first-order valence-electron chi connectivity index (χ1n) is 31.3. The van der Waals surface area contributed by atoms with E-state index in [2.05, 4.69) is 46.4 Å². The van der Waals surface area contributed by atoms with Gasteiger partial charge in [0.05, 0.1) is 6.42 Å². The van der Waals surface area contributed by atoms with Crippen molar-refractivity contribution in [1.82, 2.24) is 4.90 Å². The molecule has 1 fully saturated rings. The number of carbonyl (C=O) groups is 4. The van der Waals surface area contributed by atoms with Crippen LogP contribution in [0, 0.1) is 23.2 Å². The van der Waals surface area contributed by atoms with Gasteiger partial charge in [0.25, 0.3) is 0 Å². The lowest BCUT2D eigenvalue weighted by Crippen LogP contribution is -2.44. The van der Waals surface area contributed by atoms with Crippen molar-refractivity contribution in [1.29, 1.82) is 0 Å². The van der Waals surface area contributed by atoms with Gasteiger partial charge in [-0.15, -0.1) is 0 Å². The molecule has 0 aromatic heterocycles. The molecule has 424 valence electrons. The average molecular weight is 1020 g/mol. The van der Waals surface area contributed by atoms with Crippen LogP contribution in [0.25, 0.3) is 0 Å². The van der Waals surface area contributed by atoms with Crippen LogP contribution in [-0.2, 0) is 38.1 Å². The summed E-state index contributed by atoms with van der Waals surface area (Å²) in [5.74, 6) is 1.05. The van der Waals surface area contributed by atoms with Gasteiger partial charge in [0.2, 0.25) is 0 Å². The van der Waals surface area contributed by atoms with Crippen LogP contribution in [-0.4, -0.2) is 74.8 Å². The Morgan fingerprint density at radius 1 is 0.319 bits per heavy atom. The minimum atomic E-state index is -1.21. The highest BCUT2D eigenvalue weighted by molar-refractivity contribution is 5.71. The van der Waals surface area contributed by atoms with E-state index >= 15 is 0 Å². The van der Waals surface area contributed by atoms with Crippen LogP contribution in [0.1, 0.15) is 311 Å². The van der Waals surface area contributed by atoms with Crippen LogP contribution in [0.15, 0.2) is 0 Å². The fraction of sp³-hybridized carbons (Fsp3) is 0.937. The van der Waals surface area contributed by atoms with E-state index in [1.807, 2.05) is 0 Å². The third-order valence-electron chi connectivity index (χ3n) is 15.0. The number of carbonyl (C=O) groups excluding carboxylic acids is 4. The molecule has 0 aromatic rings. The number of esters is 4. The molecule has 72 heavy (non-hydrogen) atoms. The third-order valence-corrected chi connectivity index (χ3v) is 15.0. The van der Waals surface area contributed by atoms with Crippen LogP contribution in [0.4, 0.5) is 0 Å². The van der Waals surface area contributed by atoms with Gasteiger partial charge >= 0.3 is 23.9 Å². The lowest BCUT2D eigenvalue weighted by molar-refractivity contribution is -0.170. The fourth-order valence-electron chi connectivity index (χ4n) is 9.97. The molecule has 1 rings (SSSR count). The van der Waals surface area contributed by atoms with E-state index < -0.39 is 5.41 Å². The molecule has 0 unspecified atom stereocenters. The van der Waals surface area contributed by atoms with Crippen molar-refractivity contribution in [2.75, 3.05) is 46.1 Å². The molecule has 0 aromatic carbocycles. The zero-order valence-corrected chi connectivity index (χ0v) is 48.6. The van der Waals surface area contributed by atoms with Crippen LogP contribution in [0.5, 0.6) is 0 Å². The third kappa shape index (κ3) is 45.3. The monoisotopic (exact) mass is 1020 g/mol. The molecule has 9 nitrogen and oxygen atoms in total. The van der Waals surface area contributed by atoms with Crippen molar-refractivity contribution >= 4 is 23.9 Å². The van der Waals surface area contributed by atoms with Gasteiger partial charge in [0, 0.05) is 25.8 Å². The number of unbranched alkanes of at least 4 members (excludes halogenated alkanes) is 30. The summed E-state index contributed by atoms with van der Waals surface area (Å²) in [6, 6.07) is 0. The first-order chi connectivity index (χ1) is 34.9. The Hall–Kier alpha value is -2.16. The van der Waals surface area contributed by atoms with E-state index in [-0.39, 0.29) is 56.7 Å². The maximum Gasteiger partial charge on any atom is 0.307 e. The highest BCUT2D eigenvalue weighted by Crippen LogP contribution is 2.25. The predicted molar refractivity (Wildman–Crippen MR) is 301 cm³/mol. The smallest absolute Gasteiger partial charge is 0.307 e. The second kappa shape index (κ2) is 48.5. The Labute approximate surface area is 445 Å². The Morgan fingerprint density at radius 2 is 0.528 bits per heavy atom. The molecule has 0 atom stereocenters. The molecule has 0 saturated carbocycles. The molecule has 1 aliphatic rings. The Kier molecular flexibility index (Phi) is 45.7. The van der Waals surface area contributed by atoms with Crippen molar-refractivity contribution in [2.24, 2.45) is 23.2 Å². The van der Waals surface area contributed by atoms with E-state index in [1.54, 1.807) is 0 Å². The standard InChI is InChI=1S/C63H119NO8/c1-56(2)42-34-28-22-16-10-7-13-19-25-31-37-45-59(65)69-52-63(55-72-62(68)48-51-64-49-40-41-50-64,53-70-60(66)46-38-32-26-20-14-8-11-17-23-29-35-43-57(3)4)54-71-61(67)47-39-33-27-21-15-9-12-18-24-30-36-44-58(5)6/h56-58H,7-55H2,1-6H3. The van der Waals surface area contributed by atoms with Gasteiger partial charge in [-0.2, -0.15) is 0 Å². The fourth-order valence-corrected chi connectivity index (χ4v) is 9.97. The summed E-state index contributed by atoms with van der Waals surface area (Å²) >= 11 is 0. The number of rotatable bonds is 53. The SMILES string of the molecule is CC(C)CCCCCCCCCCCCCC(=O)OCC(COC(=O)CCCCCCCCCCCCCC(C)C)(COC(=O)CCCCCCCCCCCCCC(C)C)COC(=O)CCN1CCCC1. The number of hydrogen-bond acceptors (Lipinski definition) is 9. The lowest BCUT2D eigenvalue weighted by atomic mass is 9.92. The van der Waals surface area contributed by atoms with E-state index in [0.717, 1.165) is 101 Å². The van der Waals surface area contributed by atoms with Crippen LogP contribution in [0.3, 0.4) is 0 Å². The molecule has 1 saturated heterocycles. The second-order valence-electron chi connectivity index (χ2n) is 23.9. The zero-order valence-electron chi connectivity index (χ0n) is 48.6. The van der Waals surface area contributed by atoms with Crippen molar-refractivity contribution in [3.8, 4) is 0 Å². The summed E-state index contributed by atoms with van der Waals surface area (Å²) in [6.45, 7) is 15.7. The maximum atomic E-state index is 13.2. The maximum absolute atomic E-state index is 13.2. The number of nitrogens with zero attached hydrogens (tertiary/aromatic N) is 1. The Morgan fingerprint density at radius 3 is 0.764 bits per heavy atom. The molecular weight excluding hydrogens is 899 g/mol. The highest BCUT2D eigenvalue weighted by Gasteiger charge is 2.38. The summed E-state index contributed by atoms with van der Waals surface area (Å²) in [6.07, 6.45) is 47.1. The predicted octanol–water partition coefficient (Wildman–Crippen LogP) is 17.8. The topological polar surface area (TPSA) is 108 Å². The molecule has 0 radical (unpaired) electrons. The van der Waals surface area contributed by atoms with E-state index in [0.29, 0.717) is 25.8 Å². The quantitative estimate of drug-likeness (QED) is 0.0334. The van der Waals surface area contributed by atoms with Crippen molar-refractivity contribution in [2.45, 2.75) is 311 Å². The van der Waals surface area contributed by atoms with E-state index in [9.17, 15) is 19.2 Å². The summed E-state index contributed by atoms with van der Waals surface area (Å²) in [4.78, 5) is 55.2. The van der Waals surface area contributed by atoms with Gasteiger partial charge in [-0.3, -0.25) is 19.2 Å². The highest BCUT2D eigenvalue weighted by atomic mass is 16.6. The van der Waals surface area contributed by atoms with Crippen LogP contribution in [0.2, 0.25) is 0 Å². The minimum Gasteiger partial charge on any atom is -0.465 e. The van der Waals surface area contributed by atoms with Crippen LogP contribution < -0.4 is 0 Å². The first kappa shape index (κ1) is 67.9. The van der Waals surface area contributed by atoms with Gasteiger partial charge in [-0.05, 0) is 62.9 Å². The molecule has 0 amide bonds. The number of likely N-dealkylation sites (tertiary alicyclic amines) is 1. The number of hydrogen-bond donors (Lipinski definition) is 0. The summed E-state index contributed by atoms with van der Waals surface area (Å²) in [5.41, 5.74) is -1.21. The van der Waals surface area contributed by atoms with Gasteiger partial charge in [0.1, 0.15) is 31.8 Å². The molecule has 0 spiro atoms. The minimum absolute atomic E-state index is 0.168. The summed E-state index contributed by atoms with van der Waals surface area (Å²) in [7, 11) is 0. The normalized spacial score (nSPS) is 13.2. The second-order valence-corrected chi connectivity index (χ2v) is 23.9. The molecule has 0 bridgehead atoms. The van der Waals surface area contributed by atoms with E-state index in [4.69, 9.17) is 18.9 Å². The van der Waals surface area contributed by atoms with Crippen molar-refractivity contribution in [3.63, 3.8) is 0 Å². The van der Waals surface area contributed by atoms with Gasteiger partial charge in [-0.25, -0.2) is 0 Å². The Bertz CT molecular complexity index is 1140. The van der Waals surface area contributed by atoms with Crippen molar-refractivity contribution < 1.29 is 38.1 Å². The zero-order chi connectivity index (χ0) is 52.6. The van der Waals surface area contributed by atoms with Crippen LogP contribution >= 0.6 is 0 Å².